The minimum atomic E-state index is 0.845. The fraction of sp³-hybridized carbons (Fsp3) is 1.00. The molecule has 70 valence electrons. The fourth-order valence-corrected chi connectivity index (χ4v) is 2.05. The topological polar surface area (TPSA) is 24.1 Å². The van der Waals surface area contributed by atoms with Crippen LogP contribution in [-0.4, -0.2) is 25.7 Å². The Labute approximate surface area is 75.1 Å². The quantitative estimate of drug-likeness (QED) is 0.652. The van der Waals surface area contributed by atoms with Crippen molar-refractivity contribution in [3.63, 3.8) is 0 Å². The highest BCUT2D eigenvalue weighted by Gasteiger charge is 2.33. The van der Waals surface area contributed by atoms with Crippen molar-refractivity contribution < 1.29 is 0 Å². The van der Waals surface area contributed by atoms with Crippen LogP contribution in [0.5, 0.6) is 0 Å². The lowest BCUT2D eigenvalue weighted by Crippen LogP contribution is -2.29. The molecule has 1 saturated heterocycles. The lowest BCUT2D eigenvalue weighted by Gasteiger charge is -2.14. The smallest absolute Gasteiger partial charge is 0.00965 e. The van der Waals surface area contributed by atoms with Gasteiger partial charge in [0.05, 0.1) is 0 Å². The van der Waals surface area contributed by atoms with E-state index in [1.807, 2.05) is 0 Å². The molecule has 0 aromatic carbocycles. The zero-order chi connectivity index (χ0) is 8.55. The summed E-state index contributed by atoms with van der Waals surface area (Å²) in [5, 5.41) is 7.08. The molecular formula is C10H20N2. The van der Waals surface area contributed by atoms with Crippen molar-refractivity contribution in [3.8, 4) is 0 Å². The van der Waals surface area contributed by atoms with Gasteiger partial charge in [-0.3, -0.25) is 0 Å². The third-order valence-electron chi connectivity index (χ3n) is 3.43. The molecule has 2 nitrogen and oxygen atoms in total. The number of hydrogen-bond donors (Lipinski definition) is 2. The Balaban J connectivity index is 1.65. The molecule has 2 fully saturated rings. The van der Waals surface area contributed by atoms with Crippen molar-refractivity contribution in [2.45, 2.75) is 26.3 Å². The Kier molecular flexibility index (Phi) is 2.37. The molecule has 2 rings (SSSR count). The number of nitrogens with one attached hydrogen (secondary N) is 2. The van der Waals surface area contributed by atoms with E-state index in [2.05, 4.69) is 24.5 Å². The fourth-order valence-electron chi connectivity index (χ4n) is 2.05. The third kappa shape index (κ3) is 1.80. The molecule has 0 spiro atoms. The molecule has 0 radical (unpaired) electrons. The SMILES string of the molecule is CC1CC1NC[C@@H]1CNC[C@H]1C. The van der Waals surface area contributed by atoms with Crippen LogP contribution in [0.3, 0.4) is 0 Å². The molecule has 2 heteroatoms. The van der Waals surface area contributed by atoms with Crippen LogP contribution < -0.4 is 10.6 Å². The van der Waals surface area contributed by atoms with Crippen LogP contribution in [0.25, 0.3) is 0 Å². The van der Waals surface area contributed by atoms with E-state index in [1.165, 1.54) is 26.1 Å². The summed E-state index contributed by atoms with van der Waals surface area (Å²) in [7, 11) is 0. The van der Waals surface area contributed by atoms with E-state index in [9.17, 15) is 0 Å². The maximum absolute atomic E-state index is 3.64. The molecule has 1 aliphatic heterocycles. The monoisotopic (exact) mass is 168 g/mol. The highest BCUT2D eigenvalue weighted by molar-refractivity contribution is 4.91. The second-order valence-electron chi connectivity index (χ2n) is 4.62. The zero-order valence-electron chi connectivity index (χ0n) is 8.14. The zero-order valence-corrected chi connectivity index (χ0v) is 8.14. The molecule has 12 heavy (non-hydrogen) atoms. The van der Waals surface area contributed by atoms with Crippen LogP contribution in [0.2, 0.25) is 0 Å². The predicted octanol–water partition coefficient (Wildman–Crippen LogP) is 0.840. The van der Waals surface area contributed by atoms with Gasteiger partial charge in [0.1, 0.15) is 0 Å². The average molecular weight is 168 g/mol. The van der Waals surface area contributed by atoms with E-state index in [0.717, 1.165) is 23.8 Å². The van der Waals surface area contributed by atoms with Crippen LogP contribution in [0.1, 0.15) is 20.3 Å². The van der Waals surface area contributed by atoms with Crippen LogP contribution in [0.4, 0.5) is 0 Å². The first-order chi connectivity index (χ1) is 5.77. The minimum absolute atomic E-state index is 0.845. The van der Waals surface area contributed by atoms with Gasteiger partial charge in [0.15, 0.2) is 0 Å². The van der Waals surface area contributed by atoms with Gasteiger partial charge >= 0.3 is 0 Å². The van der Waals surface area contributed by atoms with E-state index in [0.29, 0.717) is 0 Å². The van der Waals surface area contributed by atoms with E-state index in [1.54, 1.807) is 0 Å². The first-order valence-electron chi connectivity index (χ1n) is 5.21. The number of rotatable bonds is 3. The summed E-state index contributed by atoms with van der Waals surface area (Å²) in [6.07, 6.45) is 1.40. The molecule has 2 unspecified atom stereocenters. The highest BCUT2D eigenvalue weighted by Crippen LogP contribution is 2.29. The maximum atomic E-state index is 3.64. The summed E-state index contributed by atoms with van der Waals surface area (Å²) in [5.74, 6) is 2.68. The summed E-state index contributed by atoms with van der Waals surface area (Å²) in [5.41, 5.74) is 0. The van der Waals surface area contributed by atoms with Gasteiger partial charge in [-0.25, -0.2) is 0 Å². The Morgan fingerprint density at radius 3 is 2.50 bits per heavy atom. The summed E-state index contributed by atoms with van der Waals surface area (Å²) in [6, 6.07) is 0.845. The normalized spacial score (nSPS) is 46.5. The minimum Gasteiger partial charge on any atom is -0.316 e. The van der Waals surface area contributed by atoms with Crippen molar-refractivity contribution in [2.24, 2.45) is 17.8 Å². The van der Waals surface area contributed by atoms with Crippen LogP contribution in [-0.2, 0) is 0 Å². The molecule has 2 N–H and O–H groups in total. The van der Waals surface area contributed by atoms with Gasteiger partial charge in [0.2, 0.25) is 0 Å². The molecule has 0 bridgehead atoms. The van der Waals surface area contributed by atoms with Crippen molar-refractivity contribution in [2.75, 3.05) is 19.6 Å². The first kappa shape index (κ1) is 8.52. The van der Waals surface area contributed by atoms with Gasteiger partial charge in [0, 0.05) is 6.04 Å². The number of hydrogen-bond acceptors (Lipinski definition) is 2. The van der Waals surface area contributed by atoms with E-state index < -0.39 is 0 Å². The Morgan fingerprint density at radius 1 is 1.25 bits per heavy atom. The van der Waals surface area contributed by atoms with E-state index >= 15 is 0 Å². The Bertz CT molecular complexity index is 158. The van der Waals surface area contributed by atoms with Gasteiger partial charge in [-0.05, 0) is 43.8 Å². The van der Waals surface area contributed by atoms with Gasteiger partial charge < -0.3 is 10.6 Å². The molecule has 1 saturated carbocycles. The Morgan fingerprint density at radius 2 is 2.00 bits per heavy atom. The van der Waals surface area contributed by atoms with Gasteiger partial charge in [-0.15, -0.1) is 0 Å². The largest absolute Gasteiger partial charge is 0.316 e. The lowest BCUT2D eigenvalue weighted by atomic mass is 9.98. The van der Waals surface area contributed by atoms with Crippen LogP contribution in [0.15, 0.2) is 0 Å². The standard InChI is InChI=1S/C10H20N2/c1-7-3-10(7)12-6-9-5-11-4-8(9)2/h7-12H,3-6H2,1-2H3/t7?,8-,9+,10?/m1/s1. The summed E-state index contributed by atoms with van der Waals surface area (Å²) < 4.78 is 0. The average Bonchev–Trinajstić information content (AvgIpc) is 2.57. The van der Waals surface area contributed by atoms with Crippen molar-refractivity contribution in [1.29, 1.82) is 0 Å². The van der Waals surface area contributed by atoms with Crippen molar-refractivity contribution in [1.82, 2.24) is 10.6 Å². The van der Waals surface area contributed by atoms with Gasteiger partial charge in [-0.2, -0.15) is 0 Å². The lowest BCUT2D eigenvalue weighted by molar-refractivity contribution is 0.416. The molecule has 0 aromatic heterocycles. The van der Waals surface area contributed by atoms with Crippen molar-refractivity contribution in [3.05, 3.63) is 0 Å². The molecule has 0 amide bonds. The molecular weight excluding hydrogens is 148 g/mol. The van der Waals surface area contributed by atoms with E-state index in [-0.39, 0.29) is 0 Å². The maximum Gasteiger partial charge on any atom is 0.00965 e. The second kappa shape index (κ2) is 3.35. The summed E-state index contributed by atoms with van der Waals surface area (Å²) in [4.78, 5) is 0. The van der Waals surface area contributed by atoms with Crippen LogP contribution >= 0.6 is 0 Å². The van der Waals surface area contributed by atoms with Crippen LogP contribution in [0, 0.1) is 17.8 Å². The predicted molar refractivity (Wildman–Crippen MR) is 51.1 cm³/mol. The van der Waals surface area contributed by atoms with Gasteiger partial charge in [-0.1, -0.05) is 13.8 Å². The highest BCUT2D eigenvalue weighted by atomic mass is 15.0. The molecule has 4 atom stereocenters. The summed E-state index contributed by atoms with van der Waals surface area (Å²) in [6.45, 7) is 8.33. The first-order valence-corrected chi connectivity index (χ1v) is 5.21. The molecule has 0 aromatic rings. The van der Waals surface area contributed by atoms with Crippen molar-refractivity contribution >= 4 is 0 Å². The second-order valence-corrected chi connectivity index (χ2v) is 4.62. The molecule has 2 aliphatic rings. The Hall–Kier alpha value is -0.0800. The molecule has 1 aliphatic carbocycles. The third-order valence-corrected chi connectivity index (χ3v) is 3.43. The van der Waals surface area contributed by atoms with Gasteiger partial charge in [0.25, 0.3) is 0 Å². The molecule has 1 heterocycles. The van der Waals surface area contributed by atoms with E-state index in [4.69, 9.17) is 0 Å². The summed E-state index contributed by atoms with van der Waals surface area (Å²) >= 11 is 0.